The summed E-state index contributed by atoms with van der Waals surface area (Å²) in [5.41, 5.74) is -1.42. The minimum atomic E-state index is -3.80. The molecule has 0 aromatic carbocycles. The van der Waals surface area contributed by atoms with Crippen LogP contribution in [0.3, 0.4) is 0 Å². The van der Waals surface area contributed by atoms with E-state index in [4.69, 9.17) is 0 Å². The molecular formula is C12H21NO6S. The first-order valence-electron chi connectivity index (χ1n) is 6.63. The number of esters is 1. The summed E-state index contributed by atoms with van der Waals surface area (Å²) in [7, 11) is -3.80. The molecule has 0 bridgehead atoms. The van der Waals surface area contributed by atoms with Gasteiger partial charge in [0.15, 0.2) is 0 Å². The number of carbonyl (C=O) groups excluding carboxylic acids is 1. The number of nitrogens with zero attached hydrogens (tertiary/aromatic N) is 1. The number of hydrogen-bond acceptors (Lipinski definition) is 5. The lowest BCUT2D eigenvalue weighted by Gasteiger charge is -2.40. The summed E-state index contributed by atoms with van der Waals surface area (Å²) in [5, 5.41) is 9.30. The first-order valence-corrected chi connectivity index (χ1v) is 8.24. The number of carboxylic acids is 1. The van der Waals surface area contributed by atoms with E-state index in [2.05, 4.69) is 4.74 Å². The minimum Gasteiger partial charge on any atom is -0.480 e. The molecule has 1 aliphatic heterocycles. The summed E-state index contributed by atoms with van der Waals surface area (Å²) in [6.07, 6.45) is 1.32. The summed E-state index contributed by atoms with van der Waals surface area (Å²) in [6, 6.07) is 0. The second-order valence-corrected chi connectivity index (χ2v) is 6.99. The molecule has 7 nitrogen and oxygen atoms in total. The van der Waals surface area contributed by atoms with Crippen LogP contribution in [0.2, 0.25) is 0 Å². The smallest absolute Gasteiger partial charge is 0.324 e. The van der Waals surface area contributed by atoms with Gasteiger partial charge < -0.3 is 9.84 Å². The van der Waals surface area contributed by atoms with Crippen molar-refractivity contribution in [2.75, 3.05) is 18.9 Å². The summed E-state index contributed by atoms with van der Waals surface area (Å²) in [5.74, 6) is -2.17. The molecule has 116 valence electrons. The Hall–Kier alpha value is -1.15. The van der Waals surface area contributed by atoms with E-state index in [0.29, 0.717) is 12.8 Å². The maximum Gasteiger partial charge on any atom is 0.324 e. The molecule has 1 aliphatic rings. The second kappa shape index (κ2) is 6.53. The molecule has 8 heteroatoms. The van der Waals surface area contributed by atoms with E-state index in [1.807, 2.05) is 0 Å². The molecule has 0 aliphatic carbocycles. The Kier molecular flexibility index (Phi) is 5.52. The number of piperidine rings is 1. The van der Waals surface area contributed by atoms with Crippen molar-refractivity contribution in [3.05, 3.63) is 0 Å². The monoisotopic (exact) mass is 307 g/mol. The number of carboxylic acid groups (broad SMARTS) is 1. The van der Waals surface area contributed by atoms with E-state index in [0.717, 1.165) is 4.31 Å². The van der Waals surface area contributed by atoms with Crippen LogP contribution in [0, 0.1) is 0 Å². The fourth-order valence-electron chi connectivity index (χ4n) is 2.31. The Morgan fingerprint density at radius 2 is 2.00 bits per heavy atom. The van der Waals surface area contributed by atoms with Crippen molar-refractivity contribution in [1.29, 1.82) is 0 Å². The Balaban J connectivity index is 2.83. The van der Waals surface area contributed by atoms with Gasteiger partial charge in [-0.3, -0.25) is 9.59 Å². The van der Waals surface area contributed by atoms with Crippen LogP contribution >= 0.6 is 0 Å². The zero-order valence-corrected chi connectivity index (χ0v) is 12.6. The molecule has 1 unspecified atom stereocenters. The topological polar surface area (TPSA) is 101 Å². The van der Waals surface area contributed by atoms with Crippen LogP contribution in [-0.2, 0) is 24.3 Å². The average molecular weight is 307 g/mol. The van der Waals surface area contributed by atoms with Crippen LogP contribution in [0.15, 0.2) is 0 Å². The first-order chi connectivity index (χ1) is 9.24. The van der Waals surface area contributed by atoms with Gasteiger partial charge >= 0.3 is 11.9 Å². The van der Waals surface area contributed by atoms with E-state index in [-0.39, 0.29) is 26.0 Å². The molecule has 0 amide bonds. The van der Waals surface area contributed by atoms with Gasteiger partial charge in [0.25, 0.3) is 0 Å². The lowest BCUT2D eigenvalue weighted by atomic mass is 9.91. The summed E-state index contributed by atoms with van der Waals surface area (Å²) < 4.78 is 30.2. The molecule has 20 heavy (non-hydrogen) atoms. The van der Waals surface area contributed by atoms with Crippen molar-refractivity contribution in [3.63, 3.8) is 0 Å². The number of hydrogen-bond donors (Lipinski definition) is 1. The molecule has 1 rings (SSSR count). The van der Waals surface area contributed by atoms with Crippen LogP contribution in [0.1, 0.15) is 39.5 Å². The highest BCUT2D eigenvalue weighted by atomic mass is 32.2. The highest BCUT2D eigenvalue weighted by Crippen LogP contribution is 2.31. The molecule has 1 heterocycles. The van der Waals surface area contributed by atoms with Gasteiger partial charge in [-0.15, -0.1) is 0 Å². The van der Waals surface area contributed by atoms with Gasteiger partial charge in [-0.25, -0.2) is 8.42 Å². The van der Waals surface area contributed by atoms with Crippen molar-refractivity contribution in [1.82, 2.24) is 4.31 Å². The summed E-state index contributed by atoms with van der Waals surface area (Å²) in [6.45, 7) is 3.42. The quantitative estimate of drug-likeness (QED) is 0.721. The molecule has 1 N–H and O–H groups in total. The highest BCUT2D eigenvalue weighted by Gasteiger charge is 2.47. The number of carbonyl (C=O) groups is 2. The molecule has 0 saturated carbocycles. The molecule has 1 fully saturated rings. The maximum atomic E-state index is 12.3. The average Bonchev–Trinajstić information content (AvgIpc) is 2.37. The number of aliphatic carboxylic acids is 1. The number of sulfonamides is 1. The van der Waals surface area contributed by atoms with E-state index < -0.39 is 33.3 Å². The highest BCUT2D eigenvalue weighted by molar-refractivity contribution is 7.89. The van der Waals surface area contributed by atoms with Crippen LogP contribution in [-0.4, -0.2) is 54.2 Å². The third-order valence-electron chi connectivity index (χ3n) is 3.49. The molecule has 1 atom stereocenters. The normalized spacial score (nSPS) is 24.3. The number of ether oxygens (including phenoxy) is 1. The van der Waals surface area contributed by atoms with Gasteiger partial charge in [0, 0.05) is 6.54 Å². The van der Waals surface area contributed by atoms with Gasteiger partial charge in [-0.05, 0) is 33.1 Å². The SMILES string of the molecule is CCOC(=O)CCS(=O)(=O)N1CCCCC1(C)C(=O)O. The van der Waals surface area contributed by atoms with Crippen LogP contribution in [0.5, 0.6) is 0 Å². The molecular weight excluding hydrogens is 286 g/mol. The third-order valence-corrected chi connectivity index (χ3v) is 5.47. The number of rotatable bonds is 6. The van der Waals surface area contributed by atoms with Crippen LogP contribution in [0.25, 0.3) is 0 Å². The van der Waals surface area contributed by atoms with Crippen LogP contribution < -0.4 is 0 Å². The van der Waals surface area contributed by atoms with Gasteiger partial charge in [0.2, 0.25) is 10.0 Å². The second-order valence-electron chi connectivity index (χ2n) is 4.98. The predicted molar refractivity (Wildman–Crippen MR) is 71.6 cm³/mol. The van der Waals surface area contributed by atoms with Gasteiger partial charge in [0.1, 0.15) is 5.54 Å². The van der Waals surface area contributed by atoms with Gasteiger partial charge in [0.05, 0.1) is 18.8 Å². The Morgan fingerprint density at radius 3 is 2.55 bits per heavy atom. The molecule has 0 radical (unpaired) electrons. The van der Waals surface area contributed by atoms with E-state index in [9.17, 15) is 23.1 Å². The van der Waals surface area contributed by atoms with Gasteiger partial charge in [-0.2, -0.15) is 4.31 Å². The Morgan fingerprint density at radius 1 is 1.35 bits per heavy atom. The first kappa shape index (κ1) is 16.9. The van der Waals surface area contributed by atoms with Crippen molar-refractivity contribution in [3.8, 4) is 0 Å². The zero-order chi connectivity index (χ0) is 15.4. The van der Waals surface area contributed by atoms with E-state index in [1.165, 1.54) is 6.92 Å². The van der Waals surface area contributed by atoms with Gasteiger partial charge in [-0.1, -0.05) is 0 Å². The fraction of sp³-hybridized carbons (Fsp3) is 0.833. The fourth-order valence-corrected chi connectivity index (χ4v) is 4.15. The Labute approximate surface area is 118 Å². The minimum absolute atomic E-state index is 0.175. The largest absolute Gasteiger partial charge is 0.480 e. The molecule has 0 spiro atoms. The lowest BCUT2D eigenvalue weighted by molar-refractivity contribution is -0.149. The molecule has 0 aromatic rings. The third kappa shape index (κ3) is 3.69. The van der Waals surface area contributed by atoms with Crippen molar-refractivity contribution >= 4 is 22.0 Å². The Bertz CT molecular complexity index is 474. The van der Waals surface area contributed by atoms with E-state index in [1.54, 1.807) is 6.92 Å². The van der Waals surface area contributed by atoms with Crippen molar-refractivity contribution in [2.45, 2.75) is 45.1 Å². The molecule has 1 saturated heterocycles. The van der Waals surface area contributed by atoms with Crippen molar-refractivity contribution < 1.29 is 27.9 Å². The maximum absolute atomic E-state index is 12.3. The summed E-state index contributed by atoms with van der Waals surface area (Å²) >= 11 is 0. The summed E-state index contributed by atoms with van der Waals surface area (Å²) in [4.78, 5) is 22.6. The van der Waals surface area contributed by atoms with Crippen molar-refractivity contribution in [2.24, 2.45) is 0 Å². The zero-order valence-electron chi connectivity index (χ0n) is 11.8. The standard InChI is InChI=1S/C12H21NO6S/c1-3-19-10(14)6-9-20(17,18)13-8-5-4-7-12(13,2)11(15)16/h3-9H2,1-2H3,(H,15,16). The van der Waals surface area contributed by atoms with E-state index >= 15 is 0 Å². The molecule has 0 aromatic heterocycles. The predicted octanol–water partition coefficient (Wildman–Crippen LogP) is 0.599. The van der Waals surface area contributed by atoms with Crippen LogP contribution in [0.4, 0.5) is 0 Å². The lowest BCUT2D eigenvalue weighted by Crippen LogP contribution is -2.57.